The molecule has 4 aromatic rings. The summed E-state index contributed by atoms with van der Waals surface area (Å²) in [4.78, 5) is 20.1. The molecule has 0 spiro atoms. The summed E-state index contributed by atoms with van der Waals surface area (Å²) in [6, 6.07) is 6.52. The van der Waals surface area contributed by atoms with Crippen molar-refractivity contribution < 1.29 is 4.74 Å². The molecule has 1 atom stereocenters. The predicted octanol–water partition coefficient (Wildman–Crippen LogP) is 3.61. The summed E-state index contributed by atoms with van der Waals surface area (Å²) in [7, 11) is 0. The minimum atomic E-state index is 0.284. The van der Waals surface area contributed by atoms with E-state index in [2.05, 4.69) is 38.6 Å². The van der Waals surface area contributed by atoms with E-state index in [0.717, 1.165) is 71.5 Å². The van der Waals surface area contributed by atoms with Crippen molar-refractivity contribution in [3.63, 3.8) is 0 Å². The number of fused-ring (bicyclic) bond motifs is 2. The third-order valence-electron chi connectivity index (χ3n) is 6.09. The number of aromatic nitrogens is 5. The molecule has 7 nitrogen and oxygen atoms in total. The molecule has 6 rings (SSSR count). The van der Waals surface area contributed by atoms with Gasteiger partial charge in [0.05, 0.1) is 24.6 Å². The number of anilines is 1. The Hall–Kier alpha value is -2.93. The van der Waals surface area contributed by atoms with Crippen LogP contribution in [-0.2, 0) is 11.3 Å². The third kappa shape index (κ3) is 2.88. The minimum absolute atomic E-state index is 0.284. The lowest BCUT2D eigenvalue weighted by molar-refractivity contribution is 0.0987. The van der Waals surface area contributed by atoms with Crippen molar-refractivity contribution in [2.24, 2.45) is 5.92 Å². The number of rotatable bonds is 4. The van der Waals surface area contributed by atoms with Crippen LogP contribution in [0.25, 0.3) is 33.5 Å². The highest BCUT2D eigenvalue weighted by molar-refractivity contribution is 5.95. The molecule has 0 aromatic carbocycles. The molecule has 0 bridgehead atoms. The Morgan fingerprint density at radius 3 is 2.97 bits per heavy atom. The second-order valence-corrected chi connectivity index (χ2v) is 8.24. The molecular formula is C22H24N6O. The van der Waals surface area contributed by atoms with Gasteiger partial charge in [0.2, 0.25) is 0 Å². The molecule has 1 unspecified atom stereocenters. The molecule has 1 aliphatic carbocycles. The van der Waals surface area contributed by atoms with Crippen LogP contribution in [0.15, 0.2) is 36.8 Å². The Labute approximate surface area is 168 Å². The average Bonchev–Trinajstić information content (AvgIpc) is 3.27. The number of morpholine rings is 1. The van der Waals surface area contributed by atoms with E-state index in [9.17, 15) is 0 Å². The molecule has 148 valence electrons. The lowest BCUT2D eigenvalue weighted by Crippen LogP contribution is -2.44. The van der Waals surface area contributed by atoms with Gasteiger partial charge in [0.25, 0.3) is 0 Å². The van der Waals surface area contributed by atoms with E-state index in [4.69, 9.17) is 14.7 Å². The smallest absolute Gasteiger partial charge is 0.164 e. The molecule has 4 aromatic heterocycles. The van der Waals surface area contributed by atoms with Crippen molar-refractivity contribution in [3.8, 4) is 11.4 Å². The van der Waals surface area contributed by atoms with Gasteiger partial charge in [0.15, 0.2) is 5.82 Å². The zero-order valence-electron chi connectivity index (χ0n) is 16.5. The van der Waals surface area contributed by atoms with E-state index < -0.39 is 0 Å². The van der Waals surface area contributed by atoms with Gasteiger partial charge in [-0.15, -0.1) is 0 Å². The van der Waals surface area contributed by atoms with Crippen LogP contribution >= 0.6 is 0 Å². The standard InChI is InChI=1S/C22H24N6O/c1-14-13-29-11-10-28(14)22-18-6-9-27(12-15-2-3-15)21(18)25-20(26-22)17-5-8-24-19-16(17)4-7-23-19/h4-9,14-15H,2-3,10-13H2,1H3,(H,23,24). The molecule has 7 heteroatoms. The highest BCUT2D eigenvalue weighted by Crippen LogP contribution is 2.35. The van der Waals surface area contributed by atoms with Crippen LogP contribution in [0.1, 0.15) is 19.8 Å². The summed E-state index contributed by atoms with van der Waals surface area (Å²) in [5, 5.41) is 2.18. The SMILES string of the molecule is CC1COCCN1c1nc(-c2ccnc3[nH]ccc23)nc2c1ccn2CC1CC1. The number of hydrogen-bond donors (Lipinski definition) is 1. The molecule has 1 aliphatic heterocycles. The van der Waals surface area contributed by atoms with E-state index in [1.54, 1.807) is 0 Å². The van der Waals surface area contributed by atoms with Gasteiger partial charge in [0, 0.05) is 42.6 Å². The summed E-state index contributed by atoms with van der Waals surface area (Å²) in [6.45, 7) is 5.53. The molecule has 1 N–H and O–H groups in total. The highest BCUT2D eigenvalue weighted by Gasteiger charge is 2.27. The maximum absolute atomic E-state index is 5.67. The number of aromatic amines is 1. The van der Waals surface area contributed by atoms with Crippen LogP contribution in [0.4, 0.5) is 5.82 Å². The van der Waals surface area contributed by atoms with Crippen molar-refractivity contribution in [2.75, 3.05) is 24.7 Å². The van der Waals surface area contributed by atoms with Crippen LogP contribution < -0.4 is 4.90 Å². The fourth-order valence-electron chi connectivity index (χ4n) is 4.31. The predicted molar refractivity (Wildman–Crippen MR) is 113 cm³/mol. The molecule has 5 heterocycles. The van der Waals surface area contributed by atoms with Gasteiger partial charge in [-0.2, -0.15) is 0 Å². The minimum Gasteiger partial charge on any atom is -0.377 e. The summed E-state index contributed by atoms with van der Waals surface area (Å²) in [5.74, 6) is 2.55. The van der Waals surface area contributed by atoms with Gasteiger partial charge >= 0.3 is 0 Å². The molecular weight excluding hydrogens is 364 g/mol. The van der Waals surface area contributed by atoms with Crippen molar-refractivity contribution in [1.82, 2.24) is 24.5 Å². The van der Waals surface area contributed by atoms with Gasteiger partial charge in [0.1, 0.15) is 17.1 Å². The molecule has 1 saturated carbocycles. The highest BCUT2D eigenvalue weighted by atomic mass is 16.5. The third-order valence-corrected chi connectivity index (χ3v) is 6.09. The number of H-pyrrole nitrogens is 1. The molecule has 29 heavy (non-hydrogen) atoms. The van der Waals surface area contributed by atoms with Gasteiger partial charge in [-0.05, 0) is 43.9 Å². The Morgan fingerprint density at radius 2 is 2.10 bits per heavy atom. The molecule has 1 saturated heterocycles. The van der Waals surface area contributed by atoms with E-state index in [-0.39, 0.29) is 6.04 Å². The normalized spacial score (nSPS) is 20.0. The van der Waals surface area contributed by atoms with Crippen molar-refractivity contribution in [3.05, 3.63) is 36.8 Å². The van der Waals surface area contributed by atoms with E-state index in [1.165, 1.54) is 12.8 Å². The zero-order valence-corrected chi connectivity index (χ0v) is 16.5. The number of pyridine rings is 1. The molecule has 0 amide bonds. The maximum Gasteiger partial charge on any atom is 0.164 e. The number of hydrogen-bond acceptors (Lipinski definition) is 5. The first-order chi connectivity index (χ1) is 14.3. The second kappa shape index (κ2) is 6.56. The maximum atomic E-state index is 5.67. The summed E-state index contributed by atoms with van der Waals surface area (Å²) < 4.78 is 7.98. The lowest BCUT2D eigenvalue weighted by Gasteiger charge is -2.34. The number of nitrogens with zero attached hydrogens (tertiary/aromatic N) is 5. The van der Waals surface area contributed by atoms with E-state index >= 15 is 0 Å². The van der Waals surface area contributed by atoms with Crippen LogP contribution in [0, 0.1) is 5.92 Å². The lowest BCUT2D eigenvalue weighted by atomic mass is 10.1. The zero-order chi connectivity index (χ0) is 19.4. The Balaban J connectivity index is 1.57. The van der Waals surface area contributed by atoms with Crippen LogP contribution in [0.5, 0.6) is 0 Å². The fourth-order valence-corrected chi connectivity index (χ4v) is 4.31. The summed E-state index contributed by atoms with van der Waals surface area (Å²) >= 11 is 0. The van der Waals surface area contributed by atoms with Gasteiger partial charge in [-0.3, -0.25) is 0 Å². The number of ether oxygens (including phenoxy) is 1. The largest absolute Gasteiger partial charge is 0.377 e. The van der Waals surface area contributed by atoms with Crippen LogP contribution in [0.3, 0.4) is 0 Å². The monoisotopic (exact) mass is 388 g/mol. The summed E-state index contributed by atoms with van der Waals surface area (Å²) in [6.07, 6.45) is 8.55. The second-order valence-electron chi connectivity index (χ2n) is 8.24. The number of nitrogens with one attached hydrogen (secondary N) is 1. The fraction of sp³-hybridized carbons (Fsp3) is 0.409. The first-order valence-electron chi connectivity index (χ1n) is 10.4. The average molecular weight is 388 g/mol. The van der Waals surface area contributed by atoms with Gasteiger partial charge in [-0.1, -0.05) is 0 Å². The van der Waals surface area contributed by atoms with Crippen molar-refractivity contribution >= 4 is 27.9 Å². The first kappa shape index (κ1) is 17.0. The molecule has 2 aliphatic rings. The topological polar surface area (TPSA) is 71.9 Å². The molecule has 0 radical (unpaired) electrons. The first-order valence-corrected chi connectivity index (χ1v) is 10.4. The van der Waals surface area contributed by atoms with E-state index in [1.807, 2.05) is 24.5 Å². The molecule has 2 fully saturated rings. The van der Waals surface area contributed by atoms with E-state index in [0.29, 0.717) is 0 Å². The Bertz CT molecular complexity index is 1190. The Kier molecular flexibility index (Phi) is 3.84. The van der Waals surface area contributed by atoms with Crippen LogP contribution in [0.2, 0.25) is 0 Å². The summed E-state index contributed by atoms with van der Waals surface area (Å²) in [5.41, 5.74) is 2.90. The van der Waals surface area contributed by atoms with Gasteiger partial charge < -0.3 is 19.2 Å². The quantitative estimate of drug-likeness (QED) is 0.578. The van der Waals surface area contributed by atoms with Gasteiger partial charge in [-0.25, -0.2) is 15.0 Å². The Morgan fingerprint density at radius 1 is 1.17 bits per heavy atom. The van der Waals surface area contributed by atoms with Crippen molar-refractivity contribution in [1.29, 1.82) is 0 Å². The van der Waals surface area contributed by atoms with Crippen LogP contribution in [-0.4, -0.2) is 50.3 Å². The van der Waals surface area contributed by atoms with Crippen molar-refractivity contribution in [2.45, 2.75) is 32.4 Å².